The van der Waals surface area contributed by atoms with Gasteiger partial charge in [-0.15, -0.1) is 0 Å². The summed E-state index contributed by atoms with van der Waals surface area (Å²) in [4.78, 5) is 13.0. The van der Waals surface area contributed by atoms with E-state index in [9.17, 15) is 22.8 Å². The first-order valence-corrected chi connectivity index (χ1v) is 10.5. The predicted octanol–water partition coefficient (Wildman–Crippen LogP) is 1.87. The Hall–Kier alpha value is -2.49. The van der Waals surface area contributed by atoms with Gasteiger partial charge in [-0.2, -0.15) is 4.31 Å². The molecule has 0 spiro atoms. The van der Waals surface area contributed by atoms with Gasteiger partial charge in [0.15, 0.2) is 0 Å². The second-order valence-corrected chi connectivity index (χ2v) is 8.57. The van der Waals surface area contributed by atoms with Gasteiger partial charge < -0.3 is 4.90 Å². The minimum Gasteiger partial charge on any atom is -0.369 e. The molecule has 3 rings (SSSR count). The molecule has 1 amide bonds. The largest absolute Gasteiger partial charge is 0.369 e. The number of hydroxylamine groups is 2. The summed E-state index contributed by atoms with van der Waals surface area (Å²) in [5.74, 6) is -0.733. The molecule has 1 aliphatic heterocycles. The van der Waals surface area contributed by atoms with Crippen LogP contribution in [0.3, 0.4) is 0 Å². The number of amides is 1. The number of benzene rings is 2. The highest BCUT2D eigenvalue weighted by atomic mass is 32.2. The van der Waals surface area contributed by atoms with Crippen molar-refractivity contribution in [3.63, 3.8) is 0 Å². The van der Waals surface area contributed by atoms with Crippen molar-refractivity contribution < 1.29 is 22.8 Å². The average Bonchev–Trinajstić information content (AvgIpc) is 2.73. The van der Waals surface area contributed by atoms with E-state index in [4.69, 9.17) is 0 Å². The number of nitrogens with zero attached hydrogens (tertiary/aromatic N) is 3. The molecule has 0 aliphatic carbocycles. The third-order valence-corrected chi connectivity index (χ3v) is 6.69. The fourth-order valence-corrected chi connectivity index (χ4v) is 4.93. The summed E-state index contributed by atoms with van der Waals surface area (Å²) in [6, 6.07) is 13.6. The molecular weight excluding hydrogens is 385 g/mol. The Morgan fingerprint density at radius 1 is 1.04 bits per heavy atom. The Balaban J connectivity index is 1.69. The number of halogens is 1. The van der Waals surface area contributed by atoms with Crippen LogP contribution in [0.5, 0.6) is 0 Å². The van der Waals surface area contributed by atoms with Crippen LogP contribution in [-0.4, -0.2) is 61.3 Å². The summed E-state index contributed by atoms with van der Waals surface area (Å²) in [7, 11) is -3.71. The summed E-state index contributed by atoms with van der Waals surface area (Å²) >= 11 is 0. The molecule has 28 heavy (non-hydrogen) atoms. The molecule has 1 atom stereocenters. The molecule has 0 bridgehead atoms. The molecule has 0 radical (unpaired) electrons. The number of carbonyl (C=O) groups excluding carboxylic acids is 1. The van der Waals surface area contributed by atoms with Crippen LogP contribution in [0.1, 0.15) is 11.6 Å². The van der Waals surface area contributed by atoms with E-state index in [1.807, 2.05) is 4.90 Å². The van der Waals surface area contributed by atoms with Crippen LogP contribution >= 0.6 is 0 Å². The molecule has 150 valence electrons. The molecule has 1 fully saturated rings. The highest BCUT2D eigenvalue weighted by Gasteiger charge is 2.32. The van der Waals surface area contributed by atoms with E-state index in [0.29, 0.717) is 23.7 Å². The van der Waals surface area contributed by atoms with E-state index in [-0.39, 0.29) is 25.3 Å². The first-order valence-electron chi connectivity index (χ1n) is 8.86. The zero-order valence-electron chi connectivity index (χ0n) is 15.2. The summed E-state index contributed by atoms with van der Waals surface area (Å²) in [6.45, 7) is 1.48. The summed E-state index contributed by atoms with van der Waals surface area (Å²) in [5, 5.41) is 10.3. The molecule has 1 saturated heterocycles. The van der Waals surface area contributed by atoms with E-state index < -0.39 is 21.8 Å². The number of hydrogen-bond donors (Lipinski definition) is 1. The standard InChI is InChI=1S/C19H22FN3O4S/c20-17-6-8-18(9-7-17)21-10-12-22(13-11-21)28(26,27)14-19(23(25)15-24)16-4-2-1-3-5-16/h1-9,15,19,25H,10-14H2/t19-/m1/s1. The fourth-order valence-electron chi connectivity index (χ4n) is 3.26. The van der Waals surface area contributed by atoms with Crippen molar-refractivity contribution in [2.75, 3.05) is 36.8 Å². The maximum absolute atomic E-state index is 13.1. The molecule has 9 heteroatoms. The van der Waals surface area contributed by atoms with Crippen LogP contribution in [0, 0.1) is 5.82 Å². The summed E-state index contributed by atoms with van der Waals surface area (Å²) in [5.41, 5.74) is 1.37. The molecule has 0 aromatic heterocycles. The predicted molar refractivity (Wildman–Crippen MR) is 103 cm³/mol. The topological polar surface area (TPSA) is 81.2 Å². The Bertz CT molecular complexity index is 885. The zero-order chi connectivity index (χ0) is 20.1. The number of hydrogen-bond acceptors (Lipinski definition) is 5. The molecule has 1 heterocycles. The first kappa shape index (κ1) is 20.2. The Labute approximate surface area is 163 Å². The lowest BCUT2D eigenvalue weighted by atomic mass is 10.1. The number of sulfonamides is 1. The van der Waals surface area contributed by atoms with Crippen LogP contribution in [0.25, 0.3) is 0 Å². The van der Waals surface area contributed by atoms with E-state index in [1.165, 1.54) is 16.4 Å². The molecule has 7 nitrogen and oxygen atoms in total. The molecule has 0 unspecified atom stereocenters. The highest BCUT2D eigenvalue weighted by Crippen LogP contribution is 2.23. The van der Waals surface area contributed by atoms with Gasteiger partial charge in [-0.25, -0.2) is 17.9 Å². The Morgan fingerprint density at radius 2 is 1.64 bits per heavy atom. The van der Waals surface area contributed by atoms with Gasteiger partial charge in [0, 0.05) is 31.9 Å². The van der Waals surface area contributed by atoms with E-state index in [2.05, 4.69) is 0 Å². The summed E-state index contributed by atoms with van der Waals surface area (Å²) in [6.07, 6.45) is 0.208. The molecule has 2 aromatic rings. The van der Waals surface area contributed by atoms with Crippen molar-refractivity contribution in [1.29, 1.82) is 0 Å². The quantitative estimate of drug-likeness (QED) is 0.431. The first-order chi connectivity index (χ1) is 13.4. The Morgan fingerprint density at radius 3 is 2.21 bits per heavy atom. The van der Waals surface area contributed by atoms with Crippen LogP contribution in [0.15, 0.2) is 54.6 Å². The average molecular weight is 407 g/mol. The van der Waals surface area contributed by atoms with E-state index in [0.717, 1.165) is 5.69 Å². The minimum atomic E-state index is -3.71. The lowest BCUT2D eigenvalue weighted by Crippen LogP contribution is -2.50. The SMILES string of the molecule is O=CN(O)[C@H](CS(=O)(=O)N1CCN(c2ccc(F)cc2)CC1)c1ccccc1. The number of anilines is 1. The minimum absolute atomic E-state index is 0.208. The van der Waals surface area contributed by atoms with Gasteiger partial charge >= 0.3 is 0 Å². The van der Waals surface area contributed by atoms with Crippen molar-refractivity contribution in [1.82, 2.24) is 9.37 Å². The third-order valence-electron chi connectivity index (χ3n) is 4.80. The molecule has 1 aliphatic rings. The second-order valence-electron chi connectivity index (χ2n) is 6.55. The maximum atomic E-state index is 13.1. The van der Waals surface area contributed by atoms with Gasteiger partial charge in [0.05, 0.1) is 11.8 Å². The fraction of sp³-hybridized carbons (Fsp3) is 0.316. The highest BCUT2D eigenvalue weighted by molar-refractivity contribution is 7.89. The molecular formula is C19H22FN3O4S. The maximum Gasteiger partial charge on any atom is 0.233 e. The van der Waals surface area contributed by atoms with E-state index >= 15 is 0 Å². The van der Waals surface area contributed by atoms with Gasteiger partial charge in [0.25, 0.3) is 0 Å². The molecule has 1 N–H and O–H groups in total. The van der Waals surface area contributed by atoms with E-state index in [1.54, 1.807) is 42.5 Å². The monoisotopic (exact) mass is 407 g/mol. The lowest BCUT2D eigenvalue weighted by molar-refractivity contribution is -0.158. The van der Waals surface area contributed by atoms with Crippen LogP contribution in [0.4, 0.5) is 10.1 Å². The van der Waals surface area contributed by atoms with Gasteiger partial charge in [0.1, 0.15) is 5.82 Å². The number of piperazine rings is 1. The van der Waals surface area contributed by atoms with Crippen molar-refractivity contribution in [2.45, 2.75) is 6.04 Å². The van der Waals surface area contributed by atoms with Crippen LogP contribution in [-0.2, 0) is 14.8 Å². The summed E-state index contributed by atoms with van der Waals surface area (Å²) < 4.78 is 40.2. The van der Waals surface area contributed by atoms with Crippen LogP contribution in [0.2, 0.25) is 0 Å². The Kier molecular flexibility index (Phi) is 6.28. The number of rotatable bonds is 7. The third kappa shape index (κ3) is 4.67. The van der Waals surface area contributed by atoms with Gasteiger partial charge in [-0.1, -0.05) is 30.3 Å². The van der Waals surface area contributed by atoms with Gasteiger partial charge in [0.2, 0.25) is 16.4 Å². The normalized spacial score (nSPS) is 16.6. The van der Waals surface area contributed by atoms with Crippen molar-refractivity contribution in [2.24, 2.45) is 0 Å². The molecule has 0 saturated carbocycles. The van der Waals surface area contributed by atoms with Crippen molar-refractivity contribution in [3.8, 4) is 0 Å². The smallest absolute Gasteiger partial charge is 0.233 e. The number of carbonyl (C=O) groups is 1. The second kappa shape index (κ2) is 8.68. The van der Waals surface area contributed by atoms with Crippen molar-refractivity contribution in [3.05, 3.63) is 66.0 Å². The van der Waals surface area contributed by atoms with Gasteiger partial charge in [-0.05, 0) is 29.8 Å². The molecule has 2 aromatic carbocycles. The zero-order valence-corrected chi connectivity index (χ0v) is 16.0. The van der Waals surface area contributed by atoms with Gasteiger partial charge in [-0.3, -0.25) is 10.0 Å². The van der Waals surface area contributed by atoms with Crippen LogP contribution < -0.4 is 4.90 Å². The lowest BCUT2D eigenvalue weighted by Gasteiger charge is -2.36. The van der Waals surface area contributed by atoms with Crippen molar-refractivity contribution >= 4 is 22.1 Å².